The Morgan fingerprint density at radius 1 is 1.03 bits per heavy atom. The lowest BCUT2D eigenvalue weighted by molar-refractivity contribution is 0.128. The first kappa shape index (κ1) is 29.8. The van der Waals surface area contributed by atoms with Crippen LogP contribution in [0.15, 0.2) is 29.4 Å². The van der Waals surface area contributed by atoms with Gasteiger partial charge >= 0.3 is 0 Å². The summed E-state index contributed by atoms with van der Waals surface area (Å²) in [5.74, 6) is 2.59. The van der Waals surface area contributed by atoms with Gasteiger partial charge in [-0.3, -0.25) is 4.90 Å². The molecule has 1 atom stereocenters. The number of benzene rings is 1. The molecule has 1 unspecified atom stereocenters. The highest BCUT2D eigenvalue weighted by Crippen LogP contribution is 2.28. The van der Waals surface area contributed by atoms with Gasteiger partial charge in [0.1, 0.15) is 17.4 Å². The molecule has 11 heteroatoms. The Kier molecular flexibility index (Phi) is 13.6. The quantitative estimate of drug-likeness (QED) is 0.432. The molecule has 3 rings (SSSR count). The number of rotatable bonds is 7. The van der Waals surface area contributed by atoms with Crippen molar-refractivity contribution in [3.05, 3.63) is 35.4 Å². The Bertz CT molecular complexity index is 785. The first-order valence-corrected chi connectivity index (χ1v) is 10.6. The van der Waals surface area contributed by atoms with E-state index in [1.807, 2.05) is 24.3 Å². The molecule has 1 fully saturated rings. The van der Waals surface area contributed by atoms with Crippen LogP contribution in [0.1, 0.15) is 18.1 Å². The summed E-state index contributed by atoms with van der Waals surface area (Å²) in [4.78, 5) is 13.9. The van der Waals surface area contributed by atoms with E-state index >= 15 is 0 Å². The standard InChI is InChI=1S/C20H30N6OS.3ClH/c1-14(26-10-8-25(2)9-11-26)13-28-20-23-18(21)16(19(22)24-20)12-15-6-4-5-7-17(15)27-3;;;/h4-7,14H,8-13H2,1-3H3,(H4,21,22,23,24);3*1H. The van der Waals surface area contributed by atoms with Gasteiger partial charge in [0.15, 0.2) is 5.16 Å². The predicted molar refractivity (Wildman–Crippen MR) is 138 cm³/mol. The van der Waals surface area contributed by atoms with E-state index in [-0.39, 0.29) is 37.2 Å². The van der Waals surface area contributed by atoms with Gasteiger partial charge in [-0.05, 0) is 25.6 Å². The van der Waals surface area contributed by atoms with E-state index < -0.39 is 0 Å². The number of hydrogen-bond donors (Lipinski definition) is 2. The normalized spacial score (nSPS) is 15.2. The molecule has 1 saturated heterocycles. The minimum atomic E-state index is 0. The molecule has 1 aromatic heterocycles. The fourth-order valence-corrected chi connectivity index (χ4v) is 4.27. The van der Waals surface area contributed by atoms with Crippen molar-refractivity contribution >= 4 is 60.6 Å². The Balaban J connectivity index is 0.00000300. The molecule has 1 aliphatic heterocycles. The third-order valence-corrected chi connectivity index (χ3v) is 6.32. The SMILES string of the molecule is COc1ccccc1Cc1c(N)nc(SCC(C)N2CCN(C)CC2)nc1N.Cl.Cl.Cl. The second-order valence-electron chi connectivity index (χ2n) is 7.24. The van der Waals surface area contributed by atoms with Crippen molar-refractivity contribution in [1.82, 2.24) is 19.8 Å². The molecule has 7 nitrogen and oxygen atoms in total. The van der Waals surface area contributed by atoms with Crippen molar-refractivity contribution in [2.75, 3.05) is 57.6 Å². The van der Waals surface area contributed by atoms with E-state index in [4.69, 9.17) is 16.2 Å². The van der Waals surface area contributed by atoms with Crippen LogP contribution in [-0.2, 0) is 6.42 Å². The Labute approximate surface area is 207 Å². The van der Waals surface area contributed by atoms with Gasteiger partial charge in [-0.15, -0.1) is 37.2 Å². The van der Waals surface area contributed by atoms with Crippen LogP contribution in [0.5, 0.6) is 5.75 Å². The lowest BCUT2D eigenvalue weighted by Gasteiger charge is -2.36. The molecule has 1 aromatic carbocycles. The van der Waals surface area contributed by atoms with Crippen LogP contribution < -0.4 is 16.2 Å². The second kappa shape index (κ2) is 14.1. The summed E-state index contributed by atoms with van der Waals surface area (Å²) < 4.78 is 5.42. The van der Waals surface area contributed by atoms with Crippen molar-refractivity contribution in [1.29, 1.82) is 0 Å². The maximum absolute atomic E-state index is 6.22. The largest absolute Gasteiger partial charge is 0.496 e. The van der Waals surface area contributed by atoms with Gasteiger partial charge in [0.2, 0.25) is 0 Å². The zero-order chi connectivity index (χ0) is 20.1. The summed E-state index contributed by atoms with van der Waals surface area (Å²) in [7, 11) is 3.83. The fraction of sp³-hybridized carbons (Fsp3) is 0.500. The number of anilines is 2. The summed E-state index contributed by atoms with van der Waals surface area (Å²) in [5.41, 5.74) is 14.2. The summed E-state index contributed by atoms with van der Waals surface area (Å²) in [6, 6.07) is 8.28. The topological polar surface area (TPSA) is 93.5 Å². The summed E-state index contributed by atoms with van der Waals surface area (Å²) >= 11 is 1.61. The number of aromatic nitrogens is 2. The smallest absolute Gasteiger partial charge is 0.191 e. The van der Waals surface area contributed by atoms with E-state index in [2.05, 4.69) is 33.7 Å². The van der Waals surface area contributed by atoms with Gasteiger partial charge in [-0.1, -0.05) is 30.0 Å². The van der Waals surface area contributed by atoms with Crippen LogP contribution >= 0.6 is 49.0 Å². The average Bonchev–Trinajstić information content (AvgIpc) is 2.69. The van der Waals surface area contributed by atoms with Gasteiger partial charge in [-0.25, -0.2) is 9.97 Å². The Morgan fingerprint density at radius 2 is 1.61 bits per heavy atom. The molecule has 0 aliphatic carbocycles. The number of likely N-dealkylation sites (N-methyl/N-ethyl adjacent to an activating group) is 1. The number of halogens is 3. The van der Waals surface area contributed by atoms with Gasteiger partial charge in [0, 0.05) is 50.0 Å². The highest BCUT2D eigenvalue weighted by molar-refractivity contribution is 7.99. The van der Waals surface area contributed by atoms with E-state index in [0.717, 1.165) is 48.8 Å². The molecule has 0 spiro atoms. The number of methoxy groups -OCH3 is 1. The van der Waals surface area contributed by atoms with Crippen LogP contribution in [-0.4, -0.2) is 71.9 Å². The van der Waals surface area contributed by atoms with Crippen LogP contribution in [0.3, 0.4) is 0 Å². The number of ether oxygens (including phenoxy) is 1. The predicted octanol–water partition coefficient (Wildman–Crippen LogP) is 3.23. The average molecular weight is 512 g/mol. The minimum absolute atomic E-state index is 0. The van der Waals surface area contributed by atoms with E-state index in [1.54, 1.807) is 18.9 Å². The van der Waals surface area contributed by atoms with Crippen LogP contribution in [0, 0.1) is 0 Å². The van der Waals surface area contributed by atoms with Crippen LogP contribution in [0.4, 0.5) is 11.6 Å². The molecule has 4 N–H and O–H groups in total. The Hall–Kier alpha value is -1.16. The van der Waals surface area contributed by atoms with Crippen molar-refractivity contribution in [2.45, 2.75) is 24.5 Å². The molecular formula is C20H33Cl3N6OS. The second-order valence-corrected chi connectivity index (χ2v) is 8.23. The van der Waals surface area contributed by atoms with Gasteiger partial charge < -0.3 is 21.1 Å². The maximum atomic E-state index is 6.22. The Morgan fingerprint density at radius 3 is 2.19 bits per heavy atom. The maximum Gasteiger partial charge on any atom is 0.191 e. The van der Waals surface area contributed by atoms with Crippen molar-refractivity contribution in [3.63, 3.8) is 0 Å². The monoisotopic (exact) mass is 510 g/mol. The lowest BCUT2D eigenvalue weighted by atomic mass is 10.1. The van der Waals surface area contributed by atoms with E-state index in [1.165, 1.54) is 0 Å². The van der Waals surface area contributed by atoms with Gasteiger partial charge in [-0.2, -0.15) is 0 Å². The molecule has 31 heavy (non-hydrogen) atoms. The van der Waals surface area contributed by atoms with E-state index in [9.17, 15) is 0 Å². The van der Waals surface area contributed by atoms with Crippen LogP contribution in [0.2, 0.25) is 0 Å². The number of nitrogens with two attached hydrogens (primary N) is 2. The van der Waals surface area contributed by atoms with Crippen molar-refractivity contribution in [2.24, 2.45) is 0 Å². The van der Waals surface area contributed by atoms with Crippen LogP contribution in [0.25, 0.3) is 0 Å². The number of nitrogen functional groups attached to an aromatic ring is 2. The van der Waals surface area contributed by atoms with Crippen molar-refractivity contribution < 1.29 is 4.74 Å². The molecular weight excluding hydrogens is 479 g/mol. The lowest BCUT2D eigenvalue weighted by Crippen LogP contribution is -2.48. The number of thioether (sulfide) groups is 1. The minimum Gasteiger partial charge on any atom is -0.496 e. The summed E-state index contributed by atoms with van der Waals surface area (Å²) in [5, 5.41) is 0.639. The van der Waals surface area contributed by atoms with Gasteiger partial charge in [0.05, 0.1) is 7.11 Å². The summed E-state index contributed by atoms with van der Waals surface area (Å²) in [6.45, 7) is 6.68. The fourth-order valence-electron chi connectivity index (χ4n) is 3.35. The van der Waals surface area contributed by atoms with Crippen molar-refractivity contribution in [3.8, 4) is 5.75 Å². The third kappa shape index (κ3) is 8.04. The number of hydrogen-bond acceptors (Lipinski definition) is 8. The highest BCUT2D eigenvalue weighted by Gasteiger charge is 2.20. The molecule has 0 radical (unpaired) electrons. The molecule has 0 saturated carbocycles. The number of para-hydroxylation sites is 1. The number of piperazine rings is 1. The molecule has 1 aliphatic rings. The zero-order valence-electron chi connectivity index (χ0n) is 18.1. The third-order valence-electron chi connectivity index (χ3n) is 5.23. The molecule has 2 heterocycles. The number of nitrogens with zero attached hydrogens (tertiary/aromatic N) is 4. The molecule has 2 aromatic rings. The molecule has 176 valence electrons. The summed E-state index contributed by atoms with van der Waals surface area (Å²) in [6.07, 6.45) is 0.546. The molecule has 0 amide bonds. The molecule has 0 bridgehead atoms. The highest BCUT2D eigenvalue weighted by atomic mass is 35.5. The zero-order valence-corrected chi connectivity index (χ0v) is 21.4. The first-order chi connectivity index (χ1) is 13.5. The van der Waals surface area contributed by atoms with Gasteiger partial charge in [0.25, 0.3) is 0 Å². The first-order valence-electron chi connectivity index (χ1n) is 9.57. The van der Waals surface area contributed by atoms with E-state index in [0.29, 0.717) is 29.3 Å².